The lowest BCUT2D eigenvalue weighted by Gasteiger charge is -2.41. The number of nitrogens with zero attached hydrogens (tertiary/aromatic N) is 3. The zero-order chi connectivity index (χ0) is 22.5. The van der Waals surface area contributed by atoms with Crippen LogP contribution in [0.5, 0.6) is 0 Å². The highest BCUT2D eigenvalue weighted by Gasteiger charge is 2.53. The fourth-order valence-electron chi connectivity index (χ4n) is 5.50. The number of likely N-dealkylation sites (tertiary alicyclic amines) is 1. The van der Waals surface area contributed by atoms with Gasteiger partial charge in [0, 0.05) is 37.0 Å². The van der Waals surface area contributed by atoms with E-state index in [4.69, 9.17) is 4.74 Å². The zero-order valence-corrected chi connectivity index (χ0v) is 18.4. The average molecular weight is 446 g/mol. The highest BCUT2D eigenvalue weighted by Crippen LogP contribution is 2.42. The molecule has 4 heterocycles. The summed E-state index contributed by atoms with van der Waals surface area (Å²) in [6.45, 7) is 2.33. The van der Waals surface area contributed by atoms with Crippen LogP contribution in [0.1, 0.15) is 36.0 Å². The predicted octanol–water partition coefficient (Wildman–Crippen LogP) is 2.76. The van der Waals surface area contributed by atoms with Crippen molar-refractivity contribution in [3.05, 3.63) is 60.3 Å². The van der Waals surface area contributed by atoms with Crippen molar-refractivity contribution in [3.63, 3.8) is 0 Å². The average Bonchev–Trinajstić information content (AvgIpc) is 3.39. The molecular formula is C25H27N5O3. The highest BCUT2D eigenvalue weighted by atomic mass is 16.5. The van der Waals surface area contributed by atoms with Crippen LogP contribution in [0.3, 0.4) is 0 Å². The minimum atomic E-state index is -0.585. The fourth-order valence-corrected chi connectivity index (χ4v) is 5.50. The van der Waals surface area contributed by atoms with E-state index in [1.165, 1.54) is 0 Å². The van der Waals surface area contributed by atoms with E-state index in [0.717, 1.165) is 29.4 Å². The summed E-state index contributed by atoms with van der Waals surface area (Å²) in [5, 5.41) is 12.2. The van der Waals surface area contributed by atoms with Crippen LogP contribution >= 0.6 is 0 Å². The molecule has 1 unspecified atom stereocenters. The number of hydrogen-bond acceptors (Lipinski definition) is 5. The van der Waals surface area contributed by atoms with Gasteiger partial charge in [-0.05, 0) is 31.0 Å². The van der Waals surface area contributed by atoms with Crippen molar-refractivity contribution in [1.29, 1.82) is 0 Å². The van der Waals surface area contributed by atoms with Gasteiger partial charge >= 0.3 is 0 Å². The quantitative estimate of drug-likeness (QED) is 0.647. The Bertz CT molecular complexity index is 1230. The number of piperidine rings is 1. The van der Waals surface area contributed by atoms with E-state index >= 15 is 0 Å². The lowest BCUT2D eigenvalue weighted by molar-refractivity contribution is -0.136. The van der Waals surface area contributed by atoms with Gasteiger partial charge in [0.2, 0.25) is 5.91 Å². The first-order chi connectivity index (χ1) is 16.0. The SMILES string of the molecule is O=C1NC2(COC3(CCN(C(=O)CCn4ncc5ccccc54)CC3)C2)Nc2ccccc21. The number of ether oxygens (including phenoxy) is 1. The lowest BCUT2D eigenvalue weighted by atomic mass is 9.84. The second-order valence-corrected chi connectivity index (χ2v) is 9.41. The third-order valence-corrected chi connectivity index (χ3v) is 7.26. The van der Waals surface area contributed by atoms with Crippen molar-refractivity contribution in [1.82, 2.24) is 20.0 Å². The van der Waals surface area contributed by atoms with Crippen molar-refractivity contribution < 1.29 is 14.3 Å². The molecule has 8 heteroatoms. The summed E-state index contributed by atoms with van der Waals surface area (Å²) in [4.78, 5) is 27.5. The lowest BCUT2D eigenvalue weighted by Crippen LogP contribution is -2.59. The fraction of sp³-hybridized carbons (Fsp3) is 0.400. The zero-order valence-electron chi connectivity index (χ0n) is 18.4. The van der Waals surface area contributed by atoms with Crippen LogP contribution in [0.15, 0.2) is 54.7 Å². The molecule has 1 atom stereocenters. The molecule has 0 bridgehead atoms. The van der Waals surface area contributed by atoms with Crippen LogP contribution < -0.4 is 10.6 Å². The summed E-state index contributed by atoms with van der Waals surface area (Å²) in [6, 6.07) is 15.6. The molecule has 2 amide bonds. The number of benzene rings is 2. The van der Waals surface area contributed by atoms with Crippen LogP contribution in [0.25, 0.3) is 10.9 Å². The van der Waals surface area contributed by atoms with Crippen molar-refractivity contribution in [2.75, 3.05) is 25.0 Å². The smallest absolute Gasteiger partial charge is 0.255 e. The maximum atomic E-state index is 12.9. The van der Waals surface area contributed by atoms with Gasteiger partial charge in [0.25, 0.3) is 5.91 Å². The summed E-state index contributed by atoms with van der Waals surface area (Å²) in [6.07, 6.45) is 4.50. The number of hydrogen-bond donors (Lipinski definition) is 2. The Morgan fingerprint density at radius 1 is 1.06 bits per heavy atom. The number of anilines is 1. The second kappa shape index (κ2) is 7.59. The monoisotopic (exact) mass is 445 g/mol. The maximum Gasteiger partial charge on any atom is 0.255 e. The van der Waals surface area contributed by atoms with Crippen LogP contribution in [-0.2, 0) is 16.1 Å². The number of nitrogens with one attached hydrogen (secondary N) is 2. The Labute approximate surface area is 191 Å². The molecule has 3 aliphatic heterocycles. The van der Waals surface area contributed by atoms with Crippen LogP contribution in [-0.4, -0.2) is 57.5 Å². The molecule has 6 rings (SSSR count). The van der Waals surface area contributed by atoms with Crippen molar-refractivity contribution in [2.45, 2.75) is 43.5 Å². The van der Waals surface area contributed by atoms with Gasteiger partial charge in [-0.15, -0.1) is 0 Å². The van der Waals surface area contributed by atoms with Crippen LogP contribution in [0.2, 0.25) is 0 Å². The second-order valence-electron chi connectivity index (χ2n) is 9.41. The molecule has 2 N–H and O–H groups in total. The molecule has 2 spiro atoms. The maximum absolute atomic E-state index is 12.9. The van der Waals surface area contributed by atoms with Gasteiger partial charge in [0.1, 0.15) is 5.66 Å². The molecule has 2 fully saturated rings. The Morgan fingerprint density at radius 2 is 1.85 bits per heavy atom. The standard InChI is InChI=1S/C25H27N5O3/c31-22(9-12-30-21-8-4-1-5-18(21)15-26-30)29-13-10-24(11-14-29)16-25(17-33-24)27-20-7-3-2-6-19(20)23(32)28-25/h1-8,15,27H,9-14,16-17H2,(H,28,32). The Morgan fingerprint density at radius 3 is 2.73 bits per heavy atom. The van der Waals surface area contributed by atoms with Crippen LogP contribution in [0, 0.1) is 0 Å². The van der Waals surface area contributed by atoms with E-state index in [0.29, 0.717) is 44.6 Å². The van der Waals surface area contributed by atoms with Gasteiger partial charge in [-0.2, -0.15) is 5.10 Å². The summed E-state index contributed by atoms with van der Waals surface area (Å²) in [7, 11) is 0. The van der Waals surface area contributed by atoms with Gasteiger partial charge in [0.15, 0.2) is 0 Å². The van der Waals surface area contributed by atoms with Gasteiger partial charge in [0.05, 0.1) is 36.0 Å². The van der Waals surface area contributed by atoms with E-state index in [-0.39, 0.29) is 17.4 Å². The molecule has 2 saturated heterocycles. The topological polar surface area (TPSA) is 88.5 Å². The van der Waals surface area contributed by atoms with E-state index in [1.807, 2.05) is 64.3 Å². The normalized spacial score (nSPS) is 23.5. The van der Waals surface area contributed by atoms with Gasteiger partial charge in [-0.3, -0.25) is 14.3 Å². The molecule has 3 aliphatic rings. The molecule has 8 nitrogen and oxygen atoms in total. The van der Waals surface area contributed by atoms with Crippen LogP contribution in [0.4, 0.5) is 5.69 Å². The first kappa shape index (κ1) is 20.2. The summed E-state index contributed by atoms with van der Waals surface area (Å²) in [5.74, 6) is 0.0823. The number of amides is 2. The largest absolute Gasteiger partial charge is 0.370 e. The number of aromatic nitrogens is 2. The molecule has 0 saturated carbocycles. The molecule has 3 aromatic rings. The Kier molecular flexibility index (Phi) is 4.65. The minimum Gasteiger partial charge on any atom is -0.370 e. The van der Waals surface area contributed by atoms with Crippen molar-refractivity contribution >= 4 is 28.4 Å². The molecule has 0 radical (unpaired) electrons. The van der Waals surface area contributed by atoms with Crippen molar-refractivity contribution in [3.8, 4) is 0 Å². The molecule has 170 valence electrons. The number of carbonyl (C=O) groups is 2. The Hall–Kier alpha value is -3.39. The number of rotatable bonds is 3. The van der Waals surface area contributed by atoms with Gasteiger partial charge in [-0.1, -0.05) is 30.3 Å². The number of para-hydroxylation sites is 2. The van der Waals surface area contributed by atoms with E-state index < -0.39 is 5.66 Å². The predicted molar refractivity (Wildman–Crippen MR) is 124 cm³/mol. The number of carbonyl (C=O) groups excluding carboxylic acids is 2. The molecule has 33 heavy (non-hydrogen) atoms. The third kappa shape index (κ3) is 3.54. The summed E-state index contributed by atoms with van der Waals surface area (Å²) in [5.41, 5.74) is 1.66. The number of aryl methyl sites for hydroxylation is 1. The minimum absolute atomic E-state index is 0.0660. The molecule has 1 aromatic heterocycles. The van der Waals surface area contributed by atoms with E-state index in [9.17, 15) is 9.59 Å². The highest BCUT2D eigenvalue weighted by molar-refractivity contribution is 6.02. The number of fused-ring (bicyclic) bond motifs is 2. The van der Waals surface area contributed by atoms with Gasteiger partial charge < -0.3 is 20.3 Å². The third-order valence-electron chi connectivity index (χ3n) is 7.26. The first-order valence-corrected chi connectivity index (χ1v) is 11.6. The Balaban J connectivity index is 1.07. The van der Waals surface area contributed by atoms with Gasteiger partial charge in [-0.25, -0.2) is 0 Å². The first-order valence-electron chi connectivity index (χ1n) is 11.6. The summed E-state index contributed by atoms with van der Waals surface area (Å²) >= 11 is 0. The molecule has 2 aromatic carbocycles. The molecule has 0 aliphatic carbocycles. The van der Waals surface area contributed by atoms with Crippen molar-refractivity contribution in [2.24, 2.45) is 0 Å². The van der Waals surface area contributed by atoms with E-state index in [2.05, 4.69) is 15.7 Å². The summed E-state index contributed by atoms with van der Waals surface area (Å²) < 4.78 is 8.20. The van der Waals surface area contributed by atoms with E-state index in [1.54, 1.807) is 0 Å². The molecular weight excluding hydrogens is 418 g/mol.